The Hall–Kier alpha value is -2.67. The van der Waals surface area contributed by atoms with Gasteiger partial charge in [-0.05, 0) is 90.7 Å². The van der Waals surface area contributed by atoms with Crippen molar-refractivity contribution >= 4 is 11.7 Å². The quantitative estimate of drug-likeness (QED) is 0.272. The van der Waals surface area contributed by atoms with E-state index < -0.39 is 17.7 Å². The highest BCUT2D eigenvalue weighted by Gasteiger charge is 2.37. The van der Waals surface area contributed by atoms with Crippen LogP contribution in [-0.4, -0.2) is 46.8 Å². The summed E-state index contributed by atoms with van der Waals surface area (Å²) in [7, 11) is 0. The summed E-state index contributed by atoms with van der Waals surface area (Å²) in [6, 6.07) is 4.02. The molecule has 7 nitrogen and oxygen atoms in total. The van der Waals surface area contributed by atoms with Gasteiger partial charge in [-0.25, -0.2) is 4.79 Å². The molecule has 4 rings (SSSR count). The van der Waals surface area contributed by atoms with Gasteiger partial charge in [0.2, 0.25) is 0 Å². The molecule has 0 aromatic carbocycles. The first kappa shape index (κ1) is 31.3. The van der Waals surface area contributed by atoms with Gasteiger partial charge in [-0.3, -0.25) is 9.97 Å². The maximum absolute atomic E-state index is 13.6. The average molecular weight is 566 g/mol. The SMILES string of the molecule is CCCC1CC(Oc2ccc(-c3cnc(C)c([C@H](OC(C)(C)C)C(=O)OC(C)C)c3N3CCC(C)(C)CC3)nc2)C1. The number of hydrogen-bond donors (Lipinski definition) is 0. The van der Waals surface area contributed by atoms with E-state index in [0.29, 0.717) is 0 Å². The van der Waals surface area contributed by atoms with Crippen molar-refractivity contribution in [1.82, 2.24) is 9.97 Å². The fourth-order valence-electron chi connectivity index (χ4n) is 5.88. The van der Waals surface area contributed by atoms with Gasteiger partial charge in [0.05, 0.1) is 35.4 Å². The summed E-state index contributed by atoms with van der Waals surface area (Å²) >= 11 is 0. The summed E-state index contributed by atoms with van der Waals surface area (Å²) < 4.78 is 18.4. The van der Waals surface area contributed by atoms with Crippen LogP contribution in [0.4, 0.5) is 5.69 Å². The zero-order valence-corrected chi connectivity index (χ0v) is 26.8. The van der Waals surface area contributed by atoms with Gasteiger partial charge < -0.3 is 19.1 Å². The number of nitrogens with zero attached hydrogens (tertiary/aromatic N) is 3. The number of rotatable bonds is 10. The molecular weight excluding hydrogens is 514 g/mol. The van der Waals surface area contributed by atoms with Gasteiger partial charge in [-0.15, -0.1) is 0 Å². The van der Waals surface area contributed by atoms with Crippen molar-refractivity contribution in [3.63, 3.8) is 0 Å². The molecule has 1 aliphatic carbocycles. The number of aromatic nitrogens is 2. The van der Waals surface area contributed by atoms with Crippen LogP contribution in [0, 0.1) is 18.3 Å². The van der Waals surface area contributed by atoms with Gasteiger partial charge in [-0.1, -0.05) is 33.6 Å². The Labute approximate surface area is 247 Å². The van der Waals surface area contributed by atoms with Crippen LogP contribution in [0.1, 0.15) is 111 Å². The molecule has 226 valence electrons. The molecule has 0 amide bonds. The van der Waals surface area contributed by atoms with E-state index in [1.54, 1.807) is 0 Å². The second-order valence-electron chi connectivity index (χ2n) is 14.0. The lowest BCUT2D eigenvalue weighted by molar-refractivity contribution is -0.171. The fraction of sp³-hybridized carbons (Fsp3) is 0.676. The molecule has 2 aromatic heterocycles. The second-order valence-corrected chi connectivity index (χ2v) is 14.0. The summed E-state index contributed by atoms with van der Waals surface area (Å²) in [4.78, 5) is 25.6. The molecule has 41 heavy (non-hydrogen) atoms. The number of hydrogen-bond acceptors (Lipinski definition) is 7. The summed E-state index contributed by atoms with van der Waals surface area (Å²) in [5.74, 6) is 1.19. The van der Waals surface area contributed by atoms with Crippen LogP contribution < -0.4 is 9.64 Å². The topological polar surface area (TPSA) is 73.8 Å². The van der Waals surface area contributed by atoms with E-state index in [9.17, 15) is 4.79 Å². The number of ether oxygens (including phenoxy) is 3. The Morgan fingerprint density at radius 2 is 1.78 bits per heavy atom. The van der Waals surface area contributed by atoms with Gasteiger partial charge in [-0.2, -0.15) is 0 Å². The molecule has 2 fully saturated rings. The van der Waals surface area contributed by atoms with Crippen molar-refractivity contribution in [2.75, 3.05) is 18.0 Å². The van der Waals surface area contributed by atoms with E-state index in [0.717, 1.165) is 78.6 Å². The number of aryl methyl sites for hydroxylation is 1. The first-order chi connectivity index (χ1) is 19.3. The Kier molecular flexibility index (Phi) is 9.67. The van der Waals surface area contributed by atoms with E-state index in [-0.39, 0.29) is 17.6 Å². The Bertz CT molecular complexity index is 1170. The van der Waals surface area contributed by atoms with Gasteiger partial charge in [0.1, 0.15) is 5.75 Å². The average Bonchev–Trinajstić information content (AvgIpc) is 2.86. The van der Waals surface area contributed by atoms with Crippen molar-refractivity contribution in [3.8, 4) is 17.0 Å². The normalized spacial score (nSPS) is 21.4. The monoisotopic (exact) mass is 565 g/mol. The first-order valence-electron chi connectivity index (χ1n) is 15.5. The van der Waals surface area contributed by atoms with Crippen LogP contribution in [0.3, 0.4) is 0 Å². The van der Waals surface area contributed by atoms with Crippen LogP contribution in [0.5, 0.6) is 5.75 Å². The summed E-state index contributed by atoms with van der Waals surface area (Å²) in [6.07, 6.45) is 9.68. The second kappa shape index (κ2) is 12.7. The lowest BCUT2D eigenvalue weighted by atomic mass is 9.79. The predicted octanol–water partition coefficient (Wildman–Crippen LogP) is 7.84. The molecule has 1 atom stereocenters. The molecule has 0 unspecified atom stereocenters. The van der Waals surface area contributed by atoms with E-state index in [2.05, 4.69) is 25.7 Å². The molecule has 2 aliphatic rings. The van der Waals surface area contributed by atoms with E-state index in [1.807, 2.05) is 66.1 Å². The Morgan fingerprint density at radius 3 is 2.34 bits per heavy atom. The fourth-order valence-corrected chi connectivity index (χ4v) is 5.88. The van der Waals surface area contributed by atoms with Crippen LogP contribution >= 0.6 is 0 Å². The minimum atomic E-state index is -0.910. The van der Waals surface area contributed by atoms with E-state index in [1.165, 1.54) is 12.8 Å². The minimum Gasteiger partial charge on any atom is -0.489 e. The first-order valence-corrected chi connectivity index (χ1v) is 15.5. The Balaban J connectivity index is 1.74. The van der Waals surface area contributed by atoms with Gasteiger partial charge in [0.15, 0.2) is 6.10 Å². The molecule has 0 bridgehead atoms. The third kappa shape index (κ3) is 8.00. The van der Waals surface area contributed by atoms with Crippen LogP contribution in [0.25, 0.3) is 11.3 Å². The zero-order valence-electron chi connectivity index (χ0n) is 26.8. The molecule has 1 saturated carbocycles. The maximum atomic E-state index is 13.6. The minimum absolute atomic E-state index is 0.258. The lowest BCUT2D eigenvalue weighted by Gasteiger charge is -2.41. The summed E-state index contributed by atoms with van der Waals surface area (Å²) in [5.41, 5.74) is 3.88. The molecule has 7 heteroatoms. The molecule has 0 spiro atoms. The molecule has 1 aliphatic heterocycles. The third-order valence-corrected chi connectivity index (χ3v) is 8.22. The summed E-state index contributed by atoms with van der Waals surface area (Å²) in [6.45, 7) is 20.2. The largest absolute Gasteiger partial charge is 0.489 e. The lowest BCUT2D eigenvalue weighted by Crippen LogP contribution is -2.39. The van der Waals surface area contributed by atoms with E-state index in [4.69, 9.17) is 24.2 Å². The van der Waals surface area contributed by atoms with Crippen LogP contribution in [0.15, 0.2) is 24.5 Å². The molecule has 2 aromatic rings. The molecule has 0 N–H and O–H groups in total. The molecule has 0 radical (unpaired) electrons. The number of carbonyl (C=O) groups excluding carboxylic acids is 1. The highest BCUT2D eigenvalue weighted by Crippen LogP contribution is 2.43. The number of anilines is 1. The Morgan fingerprint density at radius 1 is 1.10 bits per heavy atom. The van der Waals surface area contributed by atoms with E-state index >= 15 is 0 Å². The molecule has 1 saturated heterocycles. The van der Waals surface area contributed by atoms with Crippen LogP contribution in [-0.2, 0) is 14.3 Å². The number of pyridine rings is 2. The predicted molar refractivity (Wildman–Crippen MR) is 164 cm³/mol. The van der Waals surface area contributed by atoms with Crippen molar-refractivity contribution in [3.05, 3.63) is 35.8 Å². The van der Waals surface area contributed by atoms with Crippen LogP contribution in [0.2, 0.25) is 0 Å². The highest BCUT2D eigenvalue weighted by molar-refractivity contribution is 5.86. The summed E-state index contributed by atoms with van der Waals surface area (Å²) in [5, 5.41) is 0. The smallest absolute Gasteiger partial charge is 0.340 e. The number of carbonyl (C=O) groups is 1. The van der Waals surface area contributed by atoms with Crippen molar-refractivity contribution in [2.24, 2.45) is 11.3 Å². The maximum Gasteiger partial charge on any atom is 0.340 e. The molecule has 3 heterocycles. The van der Waals surface area contributed by atoms with Gasteiger partial charge in [0, 0.05) is 36.1 Å². The van der Waals surface area contributed by atoms with Gasteiger partial charge >= 0.3 is 5.97 Å². The standard InChI is InChI=1S/C34H51N3O4/c1-10-11-24-18-26(19-24)40-25-12-13-28(36-20-25)27-21-35-23(4)29(30(27)37-16-14-34(8,9)15-17-37)31(41-33(5,6)7)32(38)39-22(2)3/h12-13,20-22,24,26,31H,10-11,14-19H2,1-9H3/t24?,26?,31-/m0/s1. The zero-order chi connectivity index (χ0) is 29.9. The number of piperidine rings is 1. The highest BCUT2D eigenvalue weighted by atomic mass is 16.6. The van der Waals surface area contributed by atoms with Gasteiger partial charge in [0.25, 0.3) is 0 Å². The molecular formula is C34H51N3O4. The van der Waals surface area contributed by atoms with Crippen molar-refractivity contribution < 1.29 is 19.0 Å². The third-order valence-electron chi connectivity index (χ3n) is 8.22. The number of esters is 1. The van der Waals surface area contributed by atoms with Crippen molar-refractivity contribution in [1.29, 1.82) is 0 Å². The van der Waals surface area contributed by atoms with Crippen molar-refractivity contribution in [2.45, 2.75) is 125 Å².